The minimum Gasteiger partial charge on any atom is -0.508 e. The van der Waals surface area contributed by atoms with Crippen LogP contribution in [-0.4, -0.2) is 15.3 Å². The lowest BCUT2D eigenvalue weighted by Gasteiger charge is -2.16. The Balaban J connectivity index is 2.28. The van der Waals surface area contributed by atoms with Crippen LogP contribution in [0.25, 0.3) is 0 Å². The van der Waals surface area contributed by atoms with Gasteiger partial charge in [0.15, 0.2) is 0 Å². The Bertz CT molecular complexity index is 358. The number of halogens is 1. The van der Waals surface area contributed by atoms with Crippen LogP contribution in [0.3, 0.4) is 0 Å². The molecule has 0 bridgehead atoms. The van der Waals surface area contributed by atoms with Gasteiger partial charge in [0.1, 0.15) is 11.5 Å². The van der Waals surface area contributed by atoms with E-state index in [-0.39, 0.29) is 11.7 Å². The highest BCUT2D eigenvalue weighted by atomic mass is 127. The predicted octanol–water partition coefficient (Wildman–Crippen LogP) is 2.89. The summed E-state index contributed by atoms with van der Waals surface area (Å²) in [5.41, 5.74) is 1.05. The number of hydrogen-bond acceptors (Lipinski definition) is 2. The molecule has 1 N–H and O–H groups in total. The van der Waals surface area contributed by atoms with Gasteiger partial charge in [0.05, 0.1) is 0 Å². The van der Waals surface area contributed by atoms with Gasteiger partial charge in [-0.1, -0.05) is 34.7 Å². The maximum absolute atomic E-state index is 11.8. The number of benzene rings is 1. The SMILES string of the molecule is O=C1CCC(CI)C1c1ccc(O)cc1. The number of phenols is 1. The summed E-state index contributed by atoms with van der Waals surface area (Å²) >= 11 is 2.35. The molecule has 1 aliphatic carbocycles. The molecule has 0 amide bonds. The molecule has 80 valence electrons. The van der Waals surface area contributed by atoms with Gasteiger partial charge >= 0.3 is 0 Å². The number of phenolic OH excluding ortho intramolecular Hbond substituents is 1. The number of aromatic hydroxyl groups is 1. The van der Waals surface area contributed by atoms with Crippen molar-refractivity contribution in [1.82, 2.24) is 0 Å². The van der Waals surface area contributed by atoms with Crippen molar-refractivity contribution in [2.75, 3.05) is 4.43 Å². The molecule has 15 heavy (non-hydrogen) atoms. The van der Waals surface area contributed by atoms with E-state index in [2.05, 4.69) is 22.6 Å². The quantitative estimate of drug-likeness (QED) is 0.673. The molecule has 1 aromatic rings. The van der Waals surface area contributed by atoms with Gasteiger partial charge in [-0.2, -0.15) is 0 Å². The first kappa shape index (κ1) is 10.9. The molecule has 2 nitrogen and oxygen atoms in total. The summed E-state index contributed by atoms with van der Waals surface area (Å²) in [5.74, 6) is 1.14. The summed E-state index contributed by atoms with van der Waals surface area (Å²) in [7, 11) is 0. The van der Waals surface area contributed by atoms with E-state index >= 15 is 0 Å². The van der Waals surface area contributed by atoms with Gasteiger partial charge in [0.25, 0.3) is 0 Å². The molecule has 2 rings (SSSR count). The lowest BCUT2D eigenvalue weighted by Crippen LogP contribution is -2.13. The molecule has 0 radical (unpaired) electrons. The van der Waals surface area contributed by atoms with Gasteiger partial charge in [-0.3, -0.25) is 4.79 Å². The van der Waals surface area contributed by atoms with Crippen molar-refractivity contribution in [1.29, 1.82) is 0 Å². The van der Waals surface area contributed by atoms with Crippen LogP contribution in [0.15, 0.2) is 24.3 Å². The van der Waals surface area contributed by atoms with Crippen LogP contribution < -0.4 is 0 Å². The first-order valence-electron chi connectivity index (χ1n) is 5.10. The van der Waals surface area contributed by atoms with Gasteiger partial charge in [0.2, 0.25) is 0 Å². The van der Waals surface area contributed by atoms with E-state index < -0.39 is 0 Å². The summed E-state index contributed by atoms with van der Waals surface area (Å²) in [6.45, 7) is 0. The molecule has 0 aliphatic heterocycles. The van der Waals surface area contributed by atoms with E-state index in [1.54, 1.807) is 12.1 Å². The highest BCUT2D eigenvalue weighted by molar-refractivity contribution is 14.1. The molecule has 0 aromatic heterocycles. The number of rotatable bonds is 2. The van der Waals surface area contributed by atoms with Crippen molar-refractivity contribution in [2.24, 2.45) is 5.92 Å². The maximum atomic E-state index is 11.8. The number of carbonyl (C=O) groups excluding carboxylic acids is 1. The second kappa shape index (κ2) is 4.51. The number of ketones is 1. The molecule has 1 saturated carbocycles. The standard InChI is InChI=1S/C12H13IO2/c13-7-9-3-6-11(15)12(9)8-1-4-10(14)5-2-8/h1-2,4-5,9,12,14H,3,6-7H2. The number of alkyl halides is 1. The summed E-state index contributed by atoms with van der Waals surface area (Å²) in [5, 5.41) is 9.20. The molecular formula is C12H13IO2. The molecule has 2 unspecified atom stereocenters. The third-order valence-corrected chi connectivity index (χ3v) is 4.16. The van der Waals surface area contributed by atoms with E-state index in [0.717, 1.165) is 16.4 Å². The van der Waals surface area contributed by atoms with Crippen molar-refractivity contribution in [2.45, 2.75) is 18.8 Å². The third kappa shape index (κ3) is 2.17. The number of carbonyl (C=O) groups is 1. The van der Waals surface area contributed by atoms with Crippen molar-refractivity contribution in [3.63, 3.8) is 0 Å². The zero-order valence-corrected chi connectivity index (χ0v) is 10.5. The Morgan fingerprint density at radius 1 is 1.33 bits per heavy atom. The van der Waals surface area contributed by atoms with Gasteiger partial charge in [0, 0.05) is 16.8 Å². The molecule has 1 aromatic carbocycles. The van der Waals surface area contributed by atoms with E-state index in [1.165, 1.54) is 0 Å². The molecular weight excluding hydrogens is 303 g/mol. The van der Waals surface area contributed by atoms with Crippen molar-refractivity contribution >= 4 is 28.4 Å². The van der Waals surface area contributed by atoms with Crippen LogP contribution in [0.5, 0.6) is 5.75 Å². The molecule has 0 heterocycles. The van der Waals surface area contributed by atoms with Crippen LogP contribution in [0.1, 0.15) is 24.3 Å². The molecule has 2 atom stereocenters. The van der Waals surface area contributed by atoms with Gasteiger partial charge in [-0.15, -0.1) is 0 Å². The normalized spacial score (nSPS) is 25.8. The van der Waals surface area contributed by atoms with E-state index in [1.807, 2.05) is 12.1 Å². The Morgan fingerprint density at radius 2 is 2.00 bits per heavy atom. The van der Waals surface area contributed by atoms with Gasteiger partial charge in [-0.05, 0) is 30.0 Å². The second-order valence-corrected chi connectivity index (χ2v) is 4.87. The van der Waals surface area contributed by atoms with Crippen molar-refractivity contribution < 1.29 is 9.90 Å². The highest BCUT2D eigenvalue weighted by Crippen LogP contribution is 2.38. The topological polar surface area (TPSA) is 37.3 Å². The summed E-state index contributed by atoms with van der Waals surface area (Å²) in [6, 6.07) is 7.04. The van der Waals surface area contributed by atoms with Crippen LogP contribution in [-0.2, 0) is 4.79 Å². The summed E-state index contributed by atoms with van der Waals surface area (Å²) in [4.78, 5) is 11.8. The zero-order chi connectivity index (χ0) is 10.8. The van der Waals surface area contributed by atoms with Crippen LogP contribution >= 0.6 is 22.6 Å². The Hall–Kier alpha value is -0.580. The van der Waals surface area contributed by atoms with Crippen molar-refractivity contribution in [3.05, 3.63) is 29.8 Å². The highest BCUT2D eigenvalue weighted by Gasteiger charge is 2.34. The molecule has 1 fully saturated rings. The van der Waals surface area contributed by atoms with Gasteiger partial charge in [-0.25, -0.2) is 0 Å². The largest absolute Gasteiger partial charge is 0.508 e. The summed E-state index contributed by atoms with van der Waals surface area (Å²) < 4.78 is 1.02. The van der Waals surface area contributed by atoms with E-state index in [4.69, 9.17) is 0 Å². The lowest BCUT2D eigenvalue weighted by atomic mass is 9.90. The second-order valence-electron chi connectivity index (χ2n) is 3.99. The number of hydrogen-bond donors (Lipinski definition) is 1. The van der Waals surface area contributed by atoms with Crippen molar-refractivity contribution in [3.8, 4) is 5.75 Å². The first-order chi connectivity index (χ1) is 7.22. The van der Waals surface area contributed by atoms with Crippen LogP contribution in [0.4, 0.5) is 0 Å². The molecule has 0 spiro atoms. The summed E-state index contributed by atoms with van der Waals surface area (Å²) in [6.07, 6.45) is 1.71. The fourth-order valence-electron chi connectivity index (χ4n) is 2.22. The minimum atomic E-state index is 0.0579. The van der Waals surface area contributed by atoms with Crippen LogP contribution in [0.2, 0.25) is 0 Å². The minimum absolute atomic E-state index is 0.0579. The van der Waals surface area contributed by atoms with E-state index in [9.17, 15) is 9.90 Å². The first-order valence-corrected chi connectivity index (χ1v) is 6.62. The zero-order valence-electron chi connectivity index (χ0n) is 8.32. The third-order valence-electron chi connectivity index (χ3n) is 3.03. The Morgan fingerprint density at radius 3 is 2.60 bits per heavy atom. The average molecular weight is 316 g/mol. The molecule has 3 heteroatoms. The molecule has 1 aliphatic rings. The predicted molar refractivity (Wildman–Crippen MR) is 67.5 cm³/mol. The number of Topliss-reactive ketones (excluding diaryl/α,β-unsaturated/α-hetero) is 1. The molecule has 0 saturated heterocycles. The Labute approximate surface area is 103 Å². The average Bonchev–Trinajstić information content (AvgIpc) is 2.61. The fourth-order valence-corrected chi connectivity index (χ4v) is 3.17. The van der Waals surface area contributed by atoms with Crippen LogP contribution in [0, 0.1) is 5.92 Å². The monoisotopic (exact) mass is 316 g/mol. The smallest absolute Gasteiger partial charge is 0.140 e. The maximum Gasteiger partial charge on any atom is 0.140 e. The lowest BCUT2D eigenvalue weighted by molar-refractivity contribution is -0.118. The Kier molecular flexibility index (Phi) is 3.29. The van der Waals surface area contributed by atoms with Gasteiger partial charge < -0.3 is 5.11 Å². The van der Waals surface area contributed by atoms with E-state index in [0.29, 0.717) is 18.1 Å². The fraction of sp³-hybridized carbons (Fsp3) is 0.417.